The number of thioether (sulfide) groups is 1. The van der Waals surface area contributed by atoms with Crippen LogP contribution in [0, 0.1) is 0 Å². The van der Waals surface area contributed by atoms with Gasteiger partial charge in [-0.15, -0.1) is 11.8 Å². The van der Waals surface area contributed by atoms with Crippen LogP contribution in [0.4, 0.5) is 0 Å². The van der Waals surface area contributed by atoms with E-state index in [1.807, 2.05) is 11.8 Å². The summed E-state index contributed by atoms with van der Waals surface area (Å²) in [6.45, 7) is 8.99. The van der Waals surface area contributed by atoms with E-state index in [1.54, 1.807) is 0 Å². The lowest BCUT2D eigenvalue weighted by Crippen LogP contribution is -2.55. The van der Waals surface area contributed by atoms with Gasteiger partial charge in [-0.1, -0.05) is 52.0 Å². The maximum Gasteiger partial charge on any atom is 0.151 e. The van der Waals surface area contributed by atoms with Gasteiger partial charge in [0.2, 0.25) is 0 Å². The van der Waals surface area contributed by atoms with Crippen molar-refractivity contribution in [3.63, 3.8) is 0 Å². The molecule has 0 saturated carbocycles. The third kappa shape index (κ3) is 1.09. The molecule has 18 heavy (non-hydrogen) atoms. The highest BCUT2D eigenvalue weighted by Gasteiger charge is 2.67. The minimum absolute atomic E-state index is 0.0780. The van der Waals surface area contributed by atoms with Crippen LogP contribution in [0.2, 0.25) is 0 Å². The van der Waals surface area contributed by atoms with E-state index >= 15 is 0 Å². The number of hydrogen-bond acceptors (Lipinski definition) is 2. The van der Waals surface area contributed by atoms with Gasteiger partial charge >= 0.3 is 0 Å². The van der Waals surface area contributed by atoms with E-state index in [-0.39, 0.29) is 15.6 Å². The molecular formula is C16H20OS. The summed E-state index contributed by atoms with van der Waals surface area (Å²) in [5.74, 6) is 1.42. The summed E-state index contributed by atoms with van der Waals surface area (Å²) in [4.78, 5) is 12.7. The zero-order valence-corrected chi connectivity index (χ0v) is 12.4. The Bertz CT molecular complexity index is 493. The van der Waals surface area contributed by atoms with Gasteiger partial charge in [0, 0.05) is 23.0 Å². The van der Waals surface area contributed by atoms with Crippen LogP contribution in [0.25, 0.3) is 0 Å². The van der Waals surface area contributed by atoms with Crippen LogP contribution in [0.5, 0.6) is 0 Å². The number of hydrogen-bond donors (Lipinski definition) is 0. The van der Waals surface area contributed by atoms with Crippen LogP contribution in [-0.4, -0.2) is 16.3 Å². The number of rotatable bonds is 0. The lowest BCUT2D eigenvalue weighted by atomic mass is 9.66. The fourth-order valence-corrected chi connectivity index (χ4v) is 6.14. The third-order valence-electron chi connectivity index (χ3n) is 5.07. The van der Waals surface area contributed by atoms with Crippen molar-refractivity contribution < 1.29 is 4.79 Å². The first-order valence-corrected chi connectivity index (χ1v) is 7.61. The Morgan fingerprint density at radius 3 is 1.89 bits per heavy atom. The van der Waals surface area contributed by atoms with Gasteiger partial charge in [0.15, 0.2) is 5.78 Å². The second-order valence-electron chi connectivity index (χ2n) is 6.50. The summed E-state index contributed by atoms with van der Waals surface area (Å²) < 4.78 is -0.274. The number of carbonyl (C=O) groups is 1. The predicted molar refractivity (Wildman–Crippen MR) is 77.3 cm³/mol. The van der Waals surface area contributed by atoms with Gasteiger partial charge in [0.1, 0.15) is 0 Å². The second-order valence-corrected chi connectivity index (χ2v) is 7.81. The van der Waals surface area contributed by atoms with Gasteiger partial charge in [0.25, 0.3) is 0 Å². The molecule has 96 valence electrons. The molecule has 1 saturated heterocycles. The van der Waals surface area contributed by atoms with Crippen molar-refractivity contribution in [3.05, 3.63) is 35.4 Å². The van der Waals surface area contributed by atoms with E-state index in [9.17, 15) is 4.79 Å². The van der Waals surface area contributed by atoms with Crippen molar-refractivity contribution in [3.8, 4) is 0 Å². The van der Waals surface area contributed by atoms with Gasteiger partial charge in [-0.3, -0.25) is 4.79 Å². The van der Waals surface area contributed by atoms with Crippen molar-refractivity contribution >= 4 is 17.5 Å². The molecular weight excluding hydrogens is 240 g/mol. The first-order valence-electron chi connectivity index (χ1n) is 6.63. The maximum absolute atomic E-state index is 12.7. The zero-order valence-electron chi connectivity index (χ0n) is 11.5. The summed E-state index contributed by atoms with van der Waals surface area (Å²) in [7, 11) is 0. The number of benzene rings is 1. The van der Waals surface area contributed by atoms with E-state index < -0.39 is 0 Å². The maximum atomic E-state index is 12.7. The molecule has 0 amide bonds. The van der Waals surface area contributed by atoms with Crippen LogP contribution < -0.4 is 0 Å². The first-order chi connectivity index (χ1) is 8.36. The summed E-state index contributed by atoms with van der Waals surface area (Å²) in [5, 5.41) is 0. The lowest BCUT2D eigenvalue weighted by molar-refractivity contribution is -0.123. The molecule has 1 aliphatic carbocycles. The molecule has 0 unspecified atom stereocenters. The van der Waals surface area contributed by atoms with Crippen LogP contribution in [0.1, 0.15) is 45.2 Å². The van der Waals surface area contributed by atoms with E-state index in [0.717, 1.165) is 12.2 Å². The largest absolute Gasteiger partial charge is 0.298 e. The Balaban J connectivity index is 2.34. The van der Waals surface area contributed by atoms with Crippen molar-refractivity contribution in [2.24, 2.45) is 0 Å². The SMILES string of the molecule is CC1(C)c2ccccc2C(C)(C)C12SCCC2=O. The highest BCUT2D eigenvalue weighted by molar-refractivity contribution is 8.02. The fourth-order valence-electron chi connectivity index (χ4n) is 4.34. The molecule has 1 heterocycles. The zero-order chi connectivity index (χ0) is 13.2. The molecule has 1 aliphatic heterocycles. The fraction of sp³-hybridized carbons (Fsp3) is 0.562. The highest BCUT2D eigenvalue weighted by Crippen LogP contribution is 2.65. The Morgan fingerprint density at radius 2 is 1.50 bits per heavy atom. The van der Waals surface area contributed by atoms with Crippen LogP contribution in [-0.2, 0) is 15.6 Å². The second kappa shape index (κ2) is 3.41. The van der Waals surface area contributed by atoms with Crippen LogP contribution >= 0.6 is 11.8 Å². The summed E-state index contributed by atoms with van der Waals surface area (Å²) in [6, 6.07) is 8.61. The molecule has 2 heteroatoms. The van der Waals surface area contributed by atoms with Gasteiger partial charge in [0.05, 0.1) is 4.75 Å². The minimum atomic E-state index is -0.274. The molecule has 3 rings (SSSR count). The van der Waals surface area contributed by atoms with E-state index in [4.69, 9.17) is 0 Å². The van der Waals surface area contributed by atoms with Gasteiger partial charge in [-0.05, 0) is 11.1 Å². The van der Waals surface area contributed by atoms with Crippen molar-refractivity contribution in [1.82, 2.24) is 0 Å². The lowest BCUT2D eigenvalue weighted by Gasteiger charge is -2.45. The summed E-state index contributed by atoms with van der Waals surface area (Å²) in [6.07, 6.45) is 0.728. The topological polar surface area (TPSA) is 17.1 Å². The molecule has 0 bridgehead atoms. The molecule has 0 radical (unpaired) electrons. The minimum Gasteiger partial charge on any atom is -0.298 e. The average molecular weight is 260 g/mol. The summed E-state index contributed by atoms with van der Waals surface area (Å²) in [5.41, 5.74) is 2.56. The quantitative estimate of drug-likeness (QED) is 0.707. The molecule has 0 aromatic heterocycles. The highest BCUT2D eigenvalue weighted by atomic mass is 32.2. The first kappa shape index (κ1) is 12.3. The monoisotopic (exact) mass is 260 g/mol. The smallest absolute Gasteiger partial charge is 0.151 e. The number of Topliss-reactive ketones (excluding diaryl/α,β-unsaturated/α-hetero) is 1. The molecule has 2 aliphatic rings. The standard InChI is InChI=1S/C16H20OS/c1-14(2)11-7-5-6-8-12(11)15(3,4)16(14)13(17)9-10-18-16/h5-8H,9-10H2,1-4H3. The van der Waals surface area contributed by atoms with Gasteiger partial charge in [-0.2, -0.15) is 0 Å². The molecule has 1 aromatic carbocycles. The van der Waals surface area contributed by atoms with Crippen LogP contribution in [0.3, 0.4) is 0 Å². The van der Waals surface area contributed by atoms with E-state index in [1.165, 1.54) is 11.1 Å². The number of fused-ring (bicyclic) bond motifs is 1. The summed E-state index contributed by atoms with van der Waals surface area (Å²) >= 11 is 1.88. The Hall–Kier alpha value is -0.760. The van der Waals surface area contributed by atoms with Crippen molar-refractivity contribution in [2.75, 3.05) is 5.75 Å². The molecule has 0 N–H and O–H groups in total. The Kier molecular flexibility index (Phi) is 2.33. The number of carbonyl (C=O) groups excluding carboxylic acids is 1. The Labute approximate surface area is 113 Å². The Morgan fingerprint density at radius 1 is 1.00 bits per heavy atom. The normalized spacial score (nSPS) is 26.6. The average Bonchev–Trinajstić information content (AvgIpc) is 2.77. The number of ketones is 1. The molecule has 1 aromatic rings. The van der Waals surface area contributed by atoms with Crippen molar-refractivity contribution in [1.29, 1.82) is 0 Å². The molecule has 1 fully saturated rings. The predicted octanol–water partition coefficient (Wildman–Crippen LogP) is 3.70. The van der Waals surface area contributed by atoms with Crippen molar-refractivity contribution in [2.45, 2.75) is 49.7 Å². The van der Waals surface area contributed by atoms with E-state index in [2.05, 4.69) is 52.0 Å². The van der Waals surface area contributed by atoms with Crippen LogP contribution in [0.15, 0.2) is 24.3 Å². The molecule has 0 atom stereocenters. The van der Waals surface area contributed by atoms with E-state index in [0.29, 0.717) is 5.78 Å². The molecule has 1 spiro atoms. The van der Waals surface area contributed by atoms with Gasteiger partial charge in [-0.25, -0.2) is 0 Å². The molecule has 1 nitrogen and oxygen atoms in total. The third-order valence-corrected chi connectivity index (χ3v) is 7.16. The van der Waals surface area contributed by atoms with Gasteiger partial charge < -0.3 is 0 Å².